The maximum atomic E-state index is 6.01. The first-order valence-corrected chi connectivity index (χ1v) is 11.8. The quantitative estimate of drug-likeness (QED) is 0.241. The fourth-order valence-electron chi connectivity index (χ4n) is 4.99. The van der Waals surface area contributed by atoms with Crippen LogP contribution in [0.1, 0.15) is 16.7 Å². The molecule has 0 aliphatic carbocycles. The van der Waals surface area contributed by atoms with E-state index in [1.165, 1.54) is 10.8 Å². The first-order chi connectivity index (χ1) is 17.3. The Labute approximate surface area is 204 Å². The van der Waals surface area contributed by atoms with Crippen LogP contribution in [0.2, 0.25) is 0 Å². The van der Waals surface area contributed by atoms with E-state index in [0.717, 1.165) is 51.2 Å². The third-order valence-corrected chi connectivity index (χ3v) is 6.51. The highest BCUT2D eigenvalue weighted by Gasteiger charge is 2.18. The van der Waals surface area contributed by atoms with E-state index >= 15 is 0 Å². The molecule has 5 aromatic rings. The monoisotopic (exact) mass is 452 g/mol. The van der Waals surface area contributed by atoms with Gasteiger partial charge in [0, 0.05) is 27.9 Å². The summed E-state index contributed by atoms with van der Waals surface area (Å²) in [6.45, 7) is 0.504. The first-order valence-electron chi connectivity index (χ1n) is 11.8. The second kappa shape index (κ2) is 8.93. The normalized spacial score (nSPS) is 13.1. The maximum absolute atomic E-state index is 6.01. The van der Waals surface area contributed by atoms with E-state index in [1.54, 1.807) is 0 Å². The van der Waals surface area contributed by atoms with Gasteiger partial charge in [0.2, 0.25) is 0 Å². The fourth-order valence-corrected chi connectivity index (χ4v) is 4.99. The molecule has 0 bridgehead atoms. The average Bonchev–Trinajstić information content (AvgIpc) is 3.28. The van der Waals surface area contributed by atoms with Crippen LogP contribution in [0.15, 0.2) is 109 Å². The molecule has 2 heterocycles. The van der Waals surface area contributed by atoms with E-state index in [9.17, 15) is 0 Å². The van der Waals surface area contributed by atoms with E-state index in [1.807, 2.05) is 18.2 Å². The van der Waals surface area contributed by atoms with Gasteiger partial charge in [-0.3, -0.25) is 0 Å². The molecule has 2 N–H and O–H groups in total. The van der Waals surface area contributed by atoms with Gasteiger partial charge in [0.1, 0.15) is 12.4 Å². The van der Waals surface area contributed by atoms with Gasteiger partial charge in [0.15, 0.2) is 0 Å². The summed E-state index contributed by atoms with van der Waals surface area (Å²) in [5, 5.41) is 2.45. The van der Waals surface area contributed by atoms with Crippen molar-refractivity contribution >= 4 is 27.4 Å². The summed E-state index contributed by atoms with van der Waals surface area (Å²) in [4.78, 5) is 0. The number of aromatic nitrogens is 1. The second-order valence-corrected chi connectivity index (χ2v) is 8.52. The molecule has 6 rings (SSSR count). The van der Waals surface area contributed by atoms with Crippen molar-refractivity contribution in [1.29, 1.82) is 0 Å². The minimum absolute atomic E-state index is 0.504. The van der Waals surface area contributed by atoms with Crippen LogP contribution in [-0.4, -0.2) is 11.2 Å². The smallest absolute Gasteiger partial charge is 0.123 e. The second-order valence-electron chi connectivity index (χ2n) is 8.52. The van der Waals surface area contributed by atoms with Crippen molar-refractivity contribution < 1.29 is 4.74 Å². The third kappa shape index (κ3) is 3.66. The summed E-state index contributed by atoms with van der Waals surface area (Å²) in [7, 11) is 0. The standard InChI is InChI=1S/C32H24N2O/c33-21-20-25-10-7-16-30(34-28-14-4-2-12-26(28)27-13-3-5-15-29(27)34)32(25)24-11-8-22-35-31-17-6-1-9-23(31)18-19-24/h1-17,19H,18,22,33H2. The third-order valence-electron chi connectivity index (χ3n) is 6.51. The van der Waals surface area contributed by atoms with Crippen molar-refractivity contribution in [3.05, 3.63) is 126 Å². The highest BCUT2D eigenvalue weighted by atomic mass is 16.5. The van der Waals surface area contributed by atoms with E-state index < -0.39 is 0 Å². The number of benzene rings is 4. The minimum atomic E-state index is 0.504. The van der Waals surface area contributed by atoms with Crippen LogP contribution in [0.4, 0.5) is 0 Å². The number of allylic oxidation sites excluding steroid dienone is 3. The summed E-state index contributed by atoms with van der Waals surface area (Å²) in [5.74, 6) is 4.07. The molecule has 3 heteroatoms. The largest absolute Gasteiger partial charge is 0.489 e. The molecule has 4 aromatic carbocycles. The average molecular weight is 453 g/mol. The zero-order valence-electron chi connectivity index (χ0n) is 19.2. The Balaban J connectivity index is 1.65. The van der Waals surface area contributed by atoms with Crippen LogP contribution in [0.5, 0.6) is 5.75 Å². The van der Waals surface area contributed by atoms with Crippen molar-refractivity contribution in [1.82, 2.24) is 4.57 Å². The number of ether oxygens (including phenoxy) is 1. The van der Waals surface area contributed by atoms with Gasteiger partial charge in [-0.1, -0.05) is 72.8 Å². The molecule has 0 spiro atoms. The van der Waals surface area contributed by atoms with Crippen LogP contribution in [0.3, 0.4) is 0 Å². The number of rotatable bonds is 2. The Bertz CT molecular complexity index is 1640. The molecule has 0 unspecified atom stereocenters. The number of nitrogens with two attached hydrogens (primary N) is 1. The lowest BCUT2D eigenvalue weighted by Gasteiger charge is -2.17. The lowest BCUT2D eigenvalue weighted by atomic mass is 9.95. The van der Waals surface area contributed by atoms with E-state index in [0.29, 0.717) is 6.61 Å². The van der Waals surface area contributed by atoms with Gasteiger partial charge < -0.3 is 15.0 Å². The van der Waals surface area contributed by atoms with Crippen LogP contribution < -0.4 is 10.5 Å². The molecular formula is C32H24N2O. The molecule has 1 aromatic heterocycles. The first kappa shape index (κ1) is 20.9. The number of hydrogen-bond donors (Lipinski definition) is 1. The molecule has 35 heavy (non-hydrogen) atoms. The van der Waals surface area contributed by atoms with Gasteiger partial charge in [-0.15, -0.1) is 0 Å². The van der Waals surface area contributed by atoms with Crippen molar-refractivity contribution in [3.8, 4) is 23.4 Å². The highest BCUT2D eigenvalue weighted by molar-refractivity contribution is 6.09. The van der Waals surface area contributed by atoms with Gasteiger partial charge in [-0.2, -0.15) is 0 Å². The summed E-state index contributed by atoms with van der Waals surface area (Å²) in [6, 6.07) is 34.2. The summed E-state index contributed by atoms with van der Waals surface area (Å²) < 4.78 is 8.36. The van der Waals surface area contributed by atoms with Crippen LogP contribution in [0, 0.1) is 12.0 Å². The number of para-hydroxylation sites is 3. The van der Waals surface area contributed by atoms with Crippen LogP contribution >= 0.6 is 0 Å². The molecule has 1 aliphatic heterocycles. The van der Waals surface area contributed by atoms with Crippen LogP contribution in [-0.2, 0) is 6.42 Å². The predicted molar refractivity (Wildman–Crippen MR) is 145 cm³/mol. The summed E-state index contributed by atoms with van der Waals surface area (Å²) in [5.41, 5.74) is 13.3. The Kier molecular flexibility index (Phi) is 5.33. The molecule has 0 fully saturated rings. The molecule has 0 atom stereocenters. The van der Waals surface area contributed by atoms with Crippen molar-refractivity contribution in [2.24, 2.45) is 5.73 Å². The zero-order chi connectivity index (χ0) is 23.6. The lowest BCUT2D eigenvalue weighted by Crippen LogP contribution is -2.02. The fraction of sp³-hybridized carbons (Fsp3) is 0.0625. The van der Waals surface area contributed by atoms with Gasteiger partial charge in [0.25, 0.3) is 0 Å². The van der Waals surface area contributed by atoms with Crippen molar-refractivity contribution in [2.75, 3.05) is 6.61 Å². The van der Waals surface area contributed by atoms with Crippen LogP contribution in [0.25, 0.3) is 33.1 Å². The minimum Gasteiger partial charge on any atom is -0.489 e. The number of hydrogen-bond acceptors (Lipinski definition) is 2. The Hall–Kier alpha value is -4.68. The Morgan fingerprint density at radius 1 is 0.771 bits per heavy atom. The molecule has 0 saturated carbocycles. The van der Waals surface area contributed by atoms with Gasteiger partial charge in [0.05, 0.1) is 16.7 Å². The summed E-state index contributed by atoms with van der Waals surface area (Å²) in [6.07, 6.45) is 7.22. The van der Waals surface area contributed by atoms with E-state index in [2.05, 4.69) is 108 Å². The molecule has 0 amide bonds. The molecule has 1 aliphatic rings. The highest BCUT2D eigenvalue weighted by Crippen LogP contribution is 2.36. The molecule has 168 valence electrons. The maximum Gasteiger partial charge on any atom is 0.123 e. The van der Waals surface area contributed by atoms with E-state index in [-0.39, 0.29) is 0 Å². The van der Waals surface area contributed by atoms with Crippen molar-refractivity contribution in [3.63, 3.8) is 0 Å². The molecule has 0 saturated heterocycles. The number of nitrogens with zero attached hydrogens (tertiary/aromatic N) is 1. The Morgan fingerprint density at radius 3 is 2.26 bits per heavy atom. The Morgan fingerprint density at radius 2 is 1.49 bits per heavy atom. The lowest BCUT2D eigenvalue weighted by molar-refractivity contribution is 0.360. The van der Waals surface area contributed by atoms with Gasteiger partial charge >= 0.3 is 0 Å². The van der Waals surface area contributed by atoms with Gasteiger partial charge in [-0.25, -0.2) is 0 Å². The van der Waals surface area contributed by atoms with E-state index in [4.69, 9.17) is 10.5 Å². The number of fused-ring (bicyclic) bond motifs is 4. The topological polar surface area (TPSA) is 40.2 Å². The predicted octanol–water partition coefficient (Wildman–Crippen LogP) is 6.63. The van der Waals surface area contributed by atoms with Crippen molar-refractivity contribution in [2.45, 2.75) is 6.42 Å². The summed E-state index contributed by atoms with van der Waals surface area (Å²) >= 11 is 0. The molecular weight excluding hydrogens is 428 g/mol. The molecule has 3 nitrogen and oxygen atoms in total. The van der Waals surface area contributed by atoms with Gasteiger partial charge in [-0.05, 0) is 59.9 Å². The molecule has 0 radical (unpaired) electrons. The SMILES string of the molecule is NC#Cc1cccc(-n2c3ccccc3c3ccccc32)c1C1=CCc2ccccc2OCC=C1. The zero-order valence-corrected chi connectivity index (χ0v) is 19.2.